The van der Waals surface area contributed by atoms with Crippen molar-refractivity contribution in [2.75, 3.05) is 5.32 Å². The van der Waals surface area contributed by atoms with E-state index in [2.05, 4.69) is 39.6 Å². The van der Waals surface area contributed by atoms with E-state index in [-0.39, 0.29) is 11.9 Å². The molecule has 0 amide bonds. The first-order chi connectivity index (χ1) is 8.61. The monoisotopic (exact) mass is 327 g/mol. The van der Waals surface area contributed by atoms with E-state index in [1.54, 1.807) is 23.5 Å². The number of aryl methyl sites for hydroxylation is 1. The zero-order valence-electron chi connectivity index (χ0n) is 10.3. The molecule has 2 aromatic rings. The zero-order valence-corrected chi connectivity index (χ0v) is 12.7. The summed E-state index contributed by atoms with van der Waals surface area (Å²) in [6, 6.07) is 7.74. The zero-order chi connectivity index (χ0) is 13.1. The van der Waals surface area contributed by atoms with E-state index in [0.717, 1.165) is 17.7 Å². The van der Waals surface area contributed by atoms with E-state index in [4.69, 9.17) is 0 Å². The lowest BCUT2D eigenvalue weighted by Gasteiger charge is -2.19. The van der Waals surface area contributed by atoms with Crippen molar-refractivity contribution in [3.63, 3.8) is 0 Å². The molecule has 0 saturated carbocycles. The van der Waals surface area contributed by atoms with Crippen molar-refractivity contribution in [2.24, 2.45) is 0 Å². The van der Waals surface area contributed by atoms with Crippen molar-refractivity contribution >= 4 is 33.0 Å². The summed E-state index contributed by atoms with van der Waals surface area (Å²) in [5, 5.41) is 5.48. The predicted molar refractivity (Wildman–Crippen MR) is 79.8 cm³/mol. The fraction of sp³-hybridized carbons (Fsp3) is 0.286. The Hall–Kier alpha value is -0.870. The lowest BCUT2D eigenvalue weighted by molar-refractivity contribution is 0.620. The highest BCUT2D eigenvalue weighted by atomic mass is 79.9. The summed E-state index contributed by atoms with van der Waals surface area (Å²) in [5.41, 5.74) is 1.90. The molecule has 0 saturated heterocycles. The second-order valence-electron chi connectivity index (χ2n) is 4.20. The molecule has 18 heavy (non-hydrogen) atoms. The normalized spacial score (nSPS) is 12.4. The van der Waals surface area contributed by atoms with Crippen LogP contribution in [0, 0.1) is 12.7 Å². The number of rotatable bonds is 4. The van der Waals surface area contributed by atoms with Gasteiger partial charge in [0.05, 0.1) is 10.5 Å². The minimum absolute atomic E-state index is 0.232. The minimum atomic E-state index is -0.232. The van der Waals surface area contributed by atoms with E-state index in [1.165, 1.54) is 4.88 Å². The highest BCUT2D eigenvalue weighted by molar-refractivity contribution is 9.10. The van der Waals surface area contributed by atoms with Crippen LogP contribution in [-0.4, -0.2) is 0 Å². The van der Waals surface area contributed by atoms with Gasteiger partial charge in [0.2, 0.25) is 0 Å². The van der Waals surface area contributed by atoms with Crippen molar-refractivity contribution in [3.05, 3.63) is 50.4 Å². The van der Waals surface area contributed by atoms with Gasteiger partial charge < -0.3 is 5.32 Å². The largest absolute Gasteiger partial charge is 0.377 e. The van der Waals surface area contributed by atoms with Gasteiger partial charge in [0, 0.05) is 10.6 Å². The molecular weight excluding hydrogens is 313 g/mol. The van der Waals surface area contributed by atoms with Gasteiger partial charge in [-0.2, -0.15) is 0 Å². The van der Waals surface area contributed by atoms with Gasteiger partial charge in [0.1, 0.15) is 5.82 Å². The Kier molecular flexibility index (Phi) is 4.40. The van der Waals surface area contributed by atoms with Crippen molar-refractivity contribution in [2.45, 2.75) is 26.3 Å². The van der Waals surface area contributed by atoms with Crippen LogP contribution in [-0.2, 0) is 0 Å². The van der Waals surface area contributed by atoms with E-state index in [0.29, 0.717) is 4.47 Å². The maximum Gasteiger partial charge on any atom is 0.139 e. The molecule has 1 aromatic carbocycles. The Morgan fingerprint density at radius 2 is 2.22 bits per heavy atom. The van der Waals surface area contributed by atoms with Crippen molar-refractivity contribution in [1.29, 1.82) is 0 Å². The number of benzene rings is 1. The first kappa shape index (κ1) is 13.6. The van der Waals surface area contributed by atoms with Gasteiger partial charge in [0.15, 0.2) is 0 Å². The van der Waals surface area contributed by atoms with E-state index in [9.17, 15) is 4.39 Å². The molecule has 0 bridgehead atoms. The smallest absolute Gasteiger partial charge is 0.139 e. The molecule has 1 N–H and O–H groups in total. The molecule has 0 fully saturated rings. The van der Waals surface area contributed by atoms with Gasteiger partial charge in [-0.05, 0) is 58.4 Å². The van der Waals surface area contributed by atoms with Crippen LogP contribution in [0.15, 0.2) is 34.1 Å². The molecule has 96 valence electrons. The third-order valence-electron chi connectivity index (χ3n) is 2.89. The van der Waals surface area contributed by atoms with Gasteiger partial charge >= 0.3 is 0 Å². The van der Waals surface area contributed by atoms with Crippen LogP contribution in [0.2, 0.25) is 0 Å². The Morgan fingerprint density at radius 3 is 2.83 bits per heavy atom. The summed E-state index contributed by atoms with van der Waals surface area (Å²) in [6.45, 7) is 4.11. The lowest BCUT2D eigenvalue weighted by Crippen LogP contribution is -2.09. The number of hydrogen-bond donors (Lipinski definition) is 1. The summed E-state index contributed by atoms with van der Waals surface area (Å²) in [4.78, 5) is 1.28. The van der Waals surface area contributed by atoms with Gasteiger partial charge in [-0.25, -0.2) is 4.39 Å². The van der Waals surface area contributed by atoms with Gasteiger partial charge in [0.25, 0.3) is 0 Å². The first-order valence-corrected chi connectivity index (χ1v) is 7.54. The number of nitrogens with one attached hydrogen (secondary N) is 1. The summed E-state index contributed by atoms with van der Waals surface area (Å²) in [7, 11) is 0. The average Bonchev–Trinajstić information content (AvgIpc) is 2.85. The SMILES string of the molecule is CCC(Nc1cc(F)c(Br)cc1C)c1cccs1. The highest BCUT2D eigenvalue weighted by Crippen LogP contribution is 2.30. The summed E-state index contributed by atoms with van der Waals surface area (Å²) in [5.74, 6) is -0.232. The van der Waals surface area contributed by atoms with Crippen LogP contribution in [0.25, 0.3) is 0 Å². The summed E-state index contributed by atoms with van der Waals surface area (Å²) >= 11 is 4.92. The second kappa shape index (κ2) is 5.85. The second-order valence-corrected chi connectivity index (χ2v) is 6.04. The van der Waals surface area contributed by atoms with Crippen LogP contribution < -0.4 is 5.32 Å². The van der Waals surface area contributed by atoms with E-state index in [1.807, 2.05) is 13.0 Å². The number of hydrogen-bond acceptors (Lipinski definition) is 2. The van der Waals surface area contributed by atoms with E-state index >= 15 is 0 Å². The van der Waals surface area contributed by atoms with Crippen LogP contribution in [0.4, 0.5) is 10.1 Å². The molecule has 1 unspecified atom stereocenters. The molecule has 0 aliphatic carbocycles. The fourth-order valence-electron chi connectivity index (χ4n) is 1.85. The maximum atomic E-state index is 13.6. The topological polar surface area (TPSA) is 12.0 Å². The average molecular weight is 328 g/mol. The van der Waals surface area contributed by atoms with Crippen LogP contribution in [0.1, 0.15) is 29.8 Å². The Labute approximate surface area is 119 Å². The molecule has 1 aromatic heterocycles. The highest BCUT2D eigenvalue weighted by Gasteiger charge is 2.12. The van der Waals surface area contributed by atoms with Gasteiger partial charge in [-0.15, -0.1) is 11.3 Å². The molecule has 0 aliphatic heterocycles. The van der Waals surface area contributed by atoms with Gasteiger partial charge in [-0.1, -0.05) is 13.0 Å². The molecule has 1 atom stereocenters. The fourth-order valence-corrected chi connectivity index (χ4v) is 3.17. The molecule has 4 heteroatoms. The molecule has 0 spiro atoms. The van der Waals surface area contributed by atoms with Gasteiger partial charge in [-0.3, -0.25) is 0 Å². The Bertz CT molecular complexity index is 525. The van der Waals surface area contributed by atoms with E-state index < -0.39 is 0 Å². The molecule has 1 heterocycles. The number of anilines is 1. The molecule has 0 radical (unpaired) electrons. The molecule has 2 rings (SSSR count). The van der Waals surface area contributed by atoms with Crippen LogP contribution in [0.3, 0.4) is 0 Å². The third kappa shape index (κ3) is 2.93. The number of halogens is 2. The standard InChI is InChI=1S/C14H15BrFNS/c1-3-12(14-5-4-6-18-14)17-13-8-11(16)10(15)7-9(13)2/h4-8,12,17H,3H2,1-2H3. The Morgan fingerprint density at radius 1 is 1.44 bits per heavy atom. The maximum absolute atomic E-state index is 13.6. The third-order valence-corrected chi connectivity index (χ3v) is 4.49. The van der Waals surface area contributed by atoms with Crippen LogP contribution >= 0.6 is 27.3 Å². The summed E-state index contributed by atoms with van der Waals surface area (Å²) in [6.07, 6.45) is 0.970. The minimum Gasteiger partial charge on any atom is -0.377 e. The van der Waals surface area contributed by atoms with Crippen LogP contribution in [0.5, 0.6) is 0 Å². The quantitative estimate of drug-likeness (QED) is 0.779. The Balaban J connectivity index is 2.25. The first-order valence-electron chi connectivity index (χ1n) is 5.87. The van der Waals surface area contributed by atoms with Crippen molar-refractivity contribution < 1.29 is 4.39 Å². The van der Waals surface area contributed by atoms with Crippen molar-refractivity contribution in [3.8, 4) is 0 Å². The molecular formula is C14H15BrFNS. The number of thiophene rings is 1. The predicted octanol–water partition coefficient (Wildman–Crippen LogP) is 5.52. The molecule has 1 nitrogen and oxygen atoms in total. The lowest BCUT2D eigenvalue weighted by atomic mass is 10.1. The molecule has 0 aliphatic rings. The summed E-state index contributed by atoms with van der Waals surface area (Å²) < 4.78 is 14.1. The van der Waals surface area contributed by atoms with Crippen molar-refractivity contribution in [1.82, 2.24) is 0 Å².